The summed E-state index contributed by atoms with van der Waals surface area (Å²) in [6.45, 7) is 0. The second-order valence-corrected chi connectivity index (χ2v) is 5.11. The maximum absolute atomic E-state index is 10.2. The molecule has 0 heterocycles. The molecule has 22 heavy (non-hydrogen) atoms. The fourth-order valence-corrected chi connectivity index (χ4v) is 1.94. The van der Waals surface area contributed by atoms with E-state index in [9.17, 15) is 4.79 Å². The molecule has 0 amide bonds. The lowest BCUT2D eigenvalue weighted by Gasteiger charge is -1.99. The van der Waals surface area contributed by atoms with Gasteiger partial charge in [0.25, 0.3) is 0 Å². The fourth-order valence-electron chi connectivity index (χ4n) is 1.94. The molecule has 0 aromatic rings. The average molecular weight is 300 g/mol. The van der Waals surface area contributed by atoms with Crippen LogP contribution in [0.3, 0.4) is 0 Å². The molecule has 0 aromatic heterocycles. The number of carboxylic acid groups (broad SMARTS) is 1. The van der Waals surface area contributed by atoms with Crippen molar-refractivity contribution in [3.8, 4) is 12.3 Å². The van der Waals surface area contributed by atoms with Gasteiger partial charge in [-0.25, -0.2) is 4.79 Å². The SMILES string of the molecule is C#CCCCCCCCCC\C=C/C=C/C=C\C=C\C(=O)O. The Bertz CT molecular complexity index is 419. The van der Waals surface area contributed by atoms with Crippen molar-refractivity contribution in [2.24, 2.45) is 0 Å². The Hall–Kier alpha value is -2.01. The quantitative estimate of drug-likeness (QED) is 0.213. The van der Waals surface area contributed by atoms with E-state index in [4.69, 9.17) is 11.5 Å². The van der Waals surface area contributed by atoms with Crippen molar-refractivity contribution in [2.45, 2.75) is 57.8 Å². The van der Waals surface area contributed by atoms with Gasteiger partial charge in [-0.15, -0.1) is 12.3 Å². The lowest BCUT2D eigenvalue weighted by molar-refractivity contribution is -0.131. The molecule has 1 N–H and O–H groups in total. The van der Waals surface area contributed by atoms with Crippen LogP contribution in [0.5, 0.6) is 0 Å². The minimum absolute atomic E-state index is 0.920. The summed E-state index contributed by atoms with van der Waals surface area (Å²) in [7, 11) is 0. The first-order valence-corrected chi connectivity index (χ1v) is 8.10. The third kappa shape index (κ3) is 18.0. The molecule has 0 atom stereocenters. The van der Waals surface area contributed by atoms with Crippen molar-refractivity contribution in [1.82, 2.24) is 0 Å². The molecular formula is C20H28O2. The molecule has 0 radical (unpaired) electrons. The maximum Gasteiger partial charge on any atom is 0.328 e. The first-order chi connectivity index (χ1) is 10.8. The number of rotatable bonds is 13. The summed E-state index contributed by atoms with van der Waals surface area (Å²) in [6.07, 6.45) is 30.3. The minimum atomic E-state index is -0.930. The number of hydrogen-bond acceptors (Lipinski definition) is 1. The number of terminal acetylenes is 1. The van der Waals surface area contributed by atoms with Crippen molar-refractivity contribution in [2.75, 3.05) is 0 Å². The summed E-state index contributed by atoms with van der Waals surface area (Å²) in [5.41, 5.74) is 0. The Morgan fingerprint density at radius 2 is 1.36 bits per heavy atom. The third-order valence-electron chi connectivity index (χ3n) is 3.12. The molecule has 2 nitrogen and oxygen atoms in total. The highest BCUT2D eigenvalue weighted by Gasteiger charge is 1.90. The molecule has 0 rings (SSSR count). The number of carboxylic acids is 1. The lowest BCUT2D eigenvalue weighted by Crippen LogP contribution is -1.84. The van der Waals surface area contributed by atoms with E-state index in [1.165, 1.54) is 51.0 Å². The summed E-state index contributed by atoms with van der Waals surface area (Å²) < 4.78 is 0. The molecule has 0 spiro atoms. The van der Waals surface area contributed by atoms with Gasteiger partial charge < -0.3 is 5.11 Å². The highest BCUT2D eigenvalue weighted by molar-refractivity contribution is 5.80. The van der Waals surface area contributed by atoms with Crippen molar-refractivity contribution in [1.29, 1.82) is 0 Å². The second kappa shape index (κ2) is 17.0. The van der Waals surface area contributed by atoms with Crippen LogP contribution in [0.25, 0.3) is 0 Å². The third-order valence-corrected chi connectivity index (χ3v) is 3.12. The largest absolute Gasteiger partial charge is 0.478 e. The summed E-state index contributed by atoms with van der Waals surface area (Å²) in [6, 6.07) is 0. The van der Waals surface area contributed by atoms with Crippen LogP contribution in [-0.2, 0) is 4.79 Å². The molecular weight excluding hydrogens is 272 g/mol. The van der Waals surface area contributed by atoms with Crippen LogP contribution in [0.4, 0.5) is 0 Å². The highest BCUT2D eigenvalue weighted by atomic mass is 16.4. The minimum Gasteiger partial charge on any atom is -0.478 e. The number of hydrogen-bond donors (Lipinski definition) is 1. The highest BCUT2D eigenvalue weighted by Crippen LogP contribution is 2.09. The standard InChI is InChI=1S/C20H28O2/c1-2-3-4-5-6-7-8-9-10-11-12-13-14-15-16-17-18-19-20(21)22/h1,12-19H,3-11H2,(H,21,22)/b13-12-,15-14+,17-16-,19-18+. The van der Waals surface area contributed by atoms with E-state index >= 15 is 0 Å². The molecule has 0 aliphatic carbocycles. The molecule has 0 unspecified atom stereocenters. The van der Waals surface area contributed by atoms with E-state index in [1.807, 2.05) is 24.3 Å². The Morgan fingerprint density at radius 1 is 0.818 bits per heavy atom. The summed E-state index contributed by atoms with van der Waals surface area (Å²) in [5.74, 6) is 1.75. The van der Waals surface area contributed by atoms with E-state index < -0.39 is 5.97 Å². The Kier molecular flexibility index (Phi) is 15.5. The number of allylic oxidation sites excluding steroid dienone is 7. The number of unbranched alkanes of at least 4 members (excludes halogenated alkanes) is 8. The normalized spacial score (nSPS) is 12.0. The van der Waals surface area contributed by atoms with Gasteiger partial charge in [-0.05, 0) is 19.3 Å². The van der Waals surface area contributed by atoms with Gasteiger partial charge in [0, 0.05) is 12.5 Å². The van der Waals surface area contributed by atoms with Crippen molar-refractivity contribution >= 4 is 5.97 Å². The Balaban J connectivity index is 3.37. The molecule has 0 aliphatic heterocycles. The van der Waals surface area contributed by atoms with E-state index in [2.05, 4.69) is 12.0 Å². The van der Waals surface area contributed by atoms with Crippen LogP contribution >= 0.6 is 0 Å². The predicted molar refractivity (Wildman–Crippen MR) is 94.6 cm³/mol. The van der Waals surface area contributed by atoms with Gasteiger partial charge in [-0.2, -0.15) is 0 Å². The summed E-state index contributed by atoms with van der Waals surface area (Å²) in [5, 5.41) is 8.38. The van der Waals surface area contributed by atoms with Crippen LogP contribution in [0.2, 0.25) is 0 Å². The maximum atomic E-state index is 10.2. The van der Waals surface area contributed by atoms with Crippen LogP contribution in [0.15, 0.2) is 48.6 Å². The molecule has 0 aliphatic rings. The number of carbonyl (C=O) groups is 1. The van der Waals surface area contributed by atoms with Crippen molar-refractivity contribution < 1.29 is 9.90 Å². The molecule has 0 saturated heterocycles. The first-order valence-electron chi connectivity index (χ1n) is 8.10. The van der Waals surface area contributed by atoms with Gasteiger partial charge in [0.1, 0.15) is 0 Å². The zero-order chi connectivity index (χ0) is 16.3. The molecule has 0 aromatic carbocycles. The van der Waals surface area contributed by atoms with Gasteiger partial charge in [0.05, 0.1) is 0 Å². The molecule has 0 fully saturated rings. The lowest BCUT2D eigenvalue weighted by atomic mass is 10.1. The van der Waals surface area contributed by atoms with Gasteiger partial charge in [0.15, 0.2) is 0 Å². The summed E-state index contributed by atoms with van der Waals surface area (Å²) in [4.78, 5) is 10.2. The smallest absolute Gasteiger partial charge is 0.328 e. The zero-order valence-electron chi connectivity index (χ0n) is 13.4. The predicted octanol–water partition coefficient (Wildman–Crippen LogP) is 5.44. The molecule has 2 heteroatoms. The molecule has 0 saturated carbocycles. The fraction of sp³-hybridized carbons (Fsp3) is 0.450. The molecule has 120 valence electrons. The summed E-state index contributed by atoms with van der Waals surface area (Å²) >= 11 is 0. The van der Waals surface area contributed by atoms with Crippen LogP contribution in [-0.4, -0.2) is 11.1 Å². The zero-order valence-corrected chi connectivity index (χ0v) is 13.4. The topological polar surface area (TPSA) is 37.3 Å². The number of aliphatic carboxylic acids is 1. The van der Waals surface area contributed by atoms with Crippen LogP contribution in [0, 0.1) is 12.3 Å². The van der Waals surface area contributed by atoms with Crippen LogP contribution < -0.4 is 0 Å². The monoisotopic (exact) mass is 300 g/mol. The van der Waals surface area contributed by atoms with Crippen molar-refractivity contribution in [3.05, 3.63) is 48.6 Å². The average Bonchev–Trinajstić information content (AvgIpc) is 2.50. The Labute approximate surface area is 135 Å². The van der Waals surface area contributed by atoms with Crippen molar-refractivity contribution in [3.63, 3.8) is 0 Å². The van der Waals surface area contributed by atoms with E-state index in [1.54, 1.807) is 6.08 Å². The Morgan fingerprint density at radius 3 is 2.00 bits per heavy atom. The van der Waals surface area contributed by atoms with Crippen LogP contribution in [0.1, 0.15) is 57.8 Å². The molecule has 0 bridgehead atoms. The van der Waals surface area contributed by atoms with E-state index in [-0.39, 0.29) is 0 Å². The second-order valence-electron chi connectivity index (χ2n) is 5.11. The first kappa shape index (κ1) is 20.0. The van der Waals surface area contributed by atoms with Gasteiger partial charge >= 0.3 is 5.97 Å². The van der Waals surface area contributed by atoms with E-state index in [0.29, 0.717) is 0 Å². The van der Waals surface area contributed by atoms with Gasteiger partial charge in [0.2, 0.25) is 0 Å². The van der Waals surface area contributed by atoms with E-state index in [0.717, 1.165) is 18.9 Å². The van der Waals surface area contributed by atoms with Gasteiger partial charge in [-0.1, -0.05) is 74.6 Å². The van der Waals surface area contributed by atoms with Gasteiger partial charge in [-0.3, -0.25) is 0 Å².